The van der Waals surface area contributed by atoms with Crippen molar-refractivity contribution in [3.05, 3.63) is 102 Å². The van der Waals surface area contributed by atoms with Gasteiger partial charge in [0.1, 0.15) is 17.1 Å². The van der Waals surface area contributed by atoms with E-state index in [9.17, 15) is 28.8 Å². The lowest BCUT2D eigenvalue weighted by Gasteiger charge is -2.08. The van der Waals surface area contributed by atoms with Gasteiger partial charge in [0, 0.05) is 106 Å². The first-order valence-electron chi connectivity index (χ1n) is 19.2. The SMILES string of the molecule is CCOC/C(=N\OC(C)=O)c1ccc2c(=O)c3c(c2c1)c1c(=O)c2ccc(/C(COCC)=N\OC(C)=O)cc2c1c1c(=O)c2ccc(/C(COCC)=N\OC(C)=O)cc2c31. The van der Waals surface area contributed by atoms with E-state index < -0.39 is 34.2 Å². The summed E-state index contributed by atoms with van der Waals surface area (Å²) in [5.41, 5.74) is 0.938. The second-order valence-corrected chi connectivity index (χ2v) is 13.8. The van der Waals surface area contributed by atoms with Gasteiger partial charge in [-0.3, -0.25) is 14.4 Å². The van der Waals surface area contributed by atoms with Crippen molar-refractivity contribution in [3.8, 4) is 0 Å². The van der Waals surface area contributed by atoms with Gasteiger partial charge in [-0.1, -0.05) is 33.7 Å². The zero-order valence-electron chi connectivity index (χ0n) is 33.7. The highest BCUT2D eigenvalue weighted by atomic mass is 16.7. The van der Waals surface area contributed by atoms with Gasteiger partial charge in [0.2, 0.25) is 0 Å². The topological polar surface area (TPSA) is 195 Å². The predicted octanol–water partition coefficient (Wildman–Crippen LogP) is 5.91. The molecule has 7 aromatic carbocycles. The van der Waals surface area contributed by atoms with Gasteiger partial charge >= 0.3 is 17.9 Å². The Morgan fingerprint density at radius 3 is 0.917 bits per heavy atom. The lowest BCUT2D eigenvalue weighted by Crippen LogP contribution is -2.12. The summed E-state index contributed by atoms with van der Waals surface area (Å²) in [5.74, 6) is -1.93. The first-order chi connectivity index (χ1) is 28.9. The molecule has 0 unspecified atom stereocenters. The molecule has 0 saturated carbocycles. The predicted molar refractivity (Wildman–Crippen MR) is 228 cm³/mol. The second kappa shape index (κ2) is 17.2. The molecule has 0 bridgehead atoms. The van der Waals surface area contributed by atoms with Crippen LogP contribution in [0.2, 0.25) is 0 Å². The minimum atomic E-state index is -0.644. The van der Waals surface area contributed by atoms with Crippen LogP contribution in [0.1, 0.15) is 58.2 Å². The van der Waals surface area contributed by atoms with Crippen LogP contribution in [0.15, 0.2) is 84.4 Å². The van der Waals surface area contributed by atoms with Gasteiger partial charge in [0.15, 0.2) is 16.3 Å². The number of nitrogens with zero attached hydrogens (tertiary/aromatic N) is 3. The van der Waals surface area contributed by atoms with Crippen molar-refractivity contribution in [1.82, 2.24) is 0 Å². The molecule has 0 spiro atoms. The summed E-state index contributed by atoms with van der Waals surface area (Å²) >= 11 is 0. The molecule has 0 heterocycles. The van der Waals surface area contributed by atoms with Crippen LogP contribution < -0.4 is 16.3 Å². The number of ether oxygens (including phenoxy) is 3. The highest BCUT2D eigenvalue weighted by Gasteiger charge is 2.28. The zero-order valence-corrected chi connectivity index (χ0v) is 33.7. The van der Waals surface area contributed by atoms with Crippen LogP contribution >= 0.6 is 0 Å². The molecule has 0 amide bonds. The van der Waals surface area contributed by atoms with Gasteiger partial charge in [0.25, 0.3) is 0 Å². The molecule has 0 atom stereocenters. The maximum Gasteiger partial charge on any atom is 0.331 e. The molecule has 0 fully saturated rings. The first kappa shape index (κ1) is 41.4. The van der Waals surface area contributed by atoms with E-state index >= 15 is 0 Å². The molecule has 306 valence electrons. The normalized spacial score (nSPS) is 12.8. The van der Waals surface area contributed by atoms with Crippen LogP contribution in [-0.2, 0) is 43.1 Å². The lowest BCUT2D eigenvalue weighted by molar-refractivity contribution is -0.141. The third-order valence-corrected chi connectivity index (χ3v) is 9.96. The molecule has 0 aliphatic carbocycles. The van der Waals surface area contributed by atoms with Crippen molar-refractivity contribution in [3.63, 3.8) is 0 Å². The molecule has 0 aromatic heterocycles. The summed E-state index contributed by atoms with van der Waals surface area (Å²) < 4.78 is 16.9. The van der Waals surface area contributed by atoms with Gasteiger partial charge < -0.3 is 28.7 Å². The molecule has 7 aromatic rings. The molecular weight excluding hydrogens is 775 g/mol. The zero-order chi connectivity index (χ0) is 42.8. The van der Waals surface area contributed by atoms with Crippen molar-refractivity contribution >= 4 is 99.7 Å². The number of carbonyl (C=O) groups excluding carboxylic acids is 3. The van der Waals surface area contributed by atoms with Crippen LogP contribution in [0, 0.1) is 0 Å². The number of hydrogen-bond acceptors (Lipinski definition) is 15. The summed E-state index contributed by atoms with van der Waals surface area (Å²) in [7, 11) is 0. The van der Waals surface area contributed by atoms with E-state index in [1.165, 1.54) is 20.8 Å². The number of oxime groups is 3. The fraction of sp³-hybridized carbons (Fsp3) is 0.267. The lowest BCUT2D eigenvalue weighted by atomic mass is 9.97. The minimum absolute atomic E-state index is 0.0264. The Hall–Kier alpha value is -6.81. The molecule has 0 radical (unpaired) electrons. The van der Waals surface area contributed by atoms with E-state index in [0.29, 0.717) is 68.8 Å². The van der Waals surface area contributed by atoms with Crippen LogP contribution in [0.5, 0.6) is 0 Å². The summed E-state index contributed by atoms with van der Waals surface area (Å²) in [4.78, 5) is 94.7. The molecule has 15 heteroatoms. The quantitative estimate of drug-likeness (QED) is 0.0676. The average Bonchev–Trinajstić information content (AvgIpc) is 3.80. The molecule has 7 rings (SSSR count). The van der Waals surface area contributed by atoms with Crippen molar-refractivity contribution in [1.29, 1.82) is 0 Å². The van der Waals surface area contributed by atoms with E-state index in [4.69, 9.17) is 28.7 Å². The molecule has 0 aliphatic heterocycles. The Bertz CT molecular complexity index is 2780. The molecule has 0 N–H and O–H groups in total. The molecule has 60 heavy (non-hydrogen) atoms. The maximum atomic E-state index is 14.8. The van der Waals surface area contributed by atoms with E-state index in [0.717, 1.165) is 0 Å². The monoisotopic (exact) mass is 813 g/mol. The molecule has 0 saturated heterocycles. The Balaban J connectivity index is 1.67. The van der Waals surface area contributed by atoms with E-state index in [2.05, 4.69) is 15.5 Å². The third-order valence-electron chi connectivity index (χ3n) is 9.96. The van der Waals surface area contributed by atoms with E-state index in [1.807, 2.05) is 0 Å². The first-order valence-corrected chi connectivity index (χ1v) is 19.2. The number of benzene rings is 4. The summed E-state index contributed by atoms with van der Waals surface area (Å²) in [6.07, 6.45) is 0. The third kappa shape index (κ3) is 7.49. The smallest absolute Gasteiger partial charge is 0.331 e. The molecular formula is C45H39N3O12. The van der Waals surface area contributed by atoms with Crippen LogP contribution in [0.3, 0.4) is 0 Å². The number of rotatable bonds is 15. The Morgan fingerprint density at radius 2 is 0.683 bits per heavy atom. The minimum Gasteiger partial charge on any atom is -0.375 e. The number of carbonyl (C=O) groups is 3. The summed E-state index contributed by atoms with van der Waals surface area (Å²) in [6.45, 7) is 9.98. The Morgan fingerprint density at radius 1 is 0.417 bits per heavy atom. The van der Waals surface area contributed by atoms with E-state index in [-0.39, 0.29) is 69.3 Å². The fourth-order valence-electron chi connectivity index (χ4n) is 7.47. The van der Waals surface area contributed by atoms with Crippen molar-refractivity contribution in [2.45, 2.75) is 41.5 Å². The standard InChI is InChI=1S/C45H39N3O12/c1-7-55-19-34(46-58-22(4)49)25-10-13-28-31(16-25)37-40(43(28)52)38-33-18-27(36(21-57-9-3)48-60-24(6)51)12-15-30(33)45(54)42(38)39-32-17-26(11-14-29(32)44(53)41(37)39)35(20-56-8-2)47-59-23(5)50/h10-18H,7-9,19-21H2,1-6H3/b46-34-,47-35-,48-36+. The highest BCUT2D eigenvalue weighted by molar-refractivity contribution is 6.43. The average molecular weight is 814 g/mol. The Kier molecular flexibility index (Phi) is 11.8. The van der Waals surface area contributed by atoms with Crippen molar-refractivity contribution in [2.24, 2.45) is 15.5 Å². The van der Waals surface area contributed by atoms with Gasteiger partial charge in [-0.05, 0) is 73.3 Å². The van der Waals surface area contributed by atoms with Crippen molar-refractivity contribution < 1.29 is 43.1 Å². The van der Waals surface area contributed by atoms with Gasteiger partial charge in [-0.2, -0.15) is 0 Å². The van der Waals surface area contributed by atoms with Gasteiger partial charge in [0.05, 0.1) is 19.8 Å². The van der Waals surface area contributed by atoms with Crippen LogP contribution in [0.25, 0.3) is 64.6 Å². The van der Waals surface area contributed by atoms with Crippen LogP contribution in [-0.4, -0.2) is 74.7 Å². The van der Waals surface area contributed by atoms with E-state index in [1.54, 1.807) is 75.4 Å². The second-order valence-electron chi connectivity index (χ2n) is 13.8. The summed E-state index contributed by atoms with van der Waals surface area (Å²) in [5, 5.41) is 15.5. The highest BCUT2D eigenvalue weighted by Crippen LogP contribution is 2.43. The van der Waals surface area contributed by atoms with Crippen LogP contribution in [0.4, 0.5) is 0 Å². The van der Waals surface area contributed by atoms with Gasteiger partial charge in [-0.15, -0.1) is 0 Å². The molecule has 0 aliphatic rings. The largest absolute Gasteiger partial charge is 0.375 e. The van der Waals surface area contributed by atoms with Gasteiger partial charge in [-0.25, -0.2) is 14.4 Å². The van der Waals surface area contributed by atoms with Crippen molar-refractivity contribution in [2.75, 3.05) is 39.6 Å². The number of fused-ring (bicyclic) bond motifs is 12. The Labute approximate surface area is 340 Å². The summed E-state index contributed by atoms with van der Waals surface area (Å²) in [6, 6.07) is 14.9. The maximum absolute atomic E-state index is 14.8. The number of hydrogen-bond donors (Lipinski definition) is 0. The fourth-order valence-corrected chi connectivity index (χ4v) is 7.47. The molecule has 15 nitrogen and oxygen atoms in total.